The largest absolute Gasteiger partial charge is 0.334 e. The Balaban J connectivity index is 1.32. The second-order valence-corrected chi connectivity index (χ2v) is 10.1. The van der Waals surface area contributed by atoms with E-state index in [1.165, 1.54) is 44.1 Å². The third-order valence-corrected chi connectivity index (χ3v) is 6.84. The van der Waals surface area contributed by atoms with Crippen LogP contribution in [0.25, 0.3) is 0 Å². The molecule has 4 fully saturated rings. The monoisotopic (exact) mass is 341 g/mol. The predicted octanol–water partition coefficient (Wildman–Crippen LogP) is 3.45. The van der Waals surface area contributed by atoms with E-state index in [0.29, 0.717) is 12.1 Å². The summed E-state index contributed by atoms with van der Waals surface area (Å²) >= 11 is 0. The van der Waals surface area contributed by atoms with Gasteiger partial charge >= 0.3 is 0 Å². The van der Waals surface area contributed by atoms with Crippen LogP contribution in [-0.2, 0) is 10.2 Å². The summed E-state index contributed by atoms with van der Waals surface area (Å²) < 4.78 is 0. The van der Waals surface area contributed by atoms with Crippen LogP contribution in [0.4, 0.5) is 5.69 Å². The van der Waals surface area contributed by atoms with Crippen molar-refractivity contribution in [2.24, 2.45) is 17.8 Å². The van der Waals surface area contributed by atoms with E-state index in [4.69, 9.17) is 0 Å². The van der Waals surface area contributed by atoms with Crippen LogP contribution in [-0.4, -0.2) is 18.0 Å². The number of carbonyl (C=O) groups excluding carboxylic acids is 1. The van der Waals surface area contributed by atoms with E-state index in [0.717, 1.165) is 23.4 Å². The van der Waals surface area contributed by atoms with Gasteiger partial charge in [-0.25, -0.2) is 0 Å². The van der Waals surface area contributed by atoms with Gasteiger partial charge < -0.3 is 10.6 Å². The average Bonchev–Trinajstić information content (AvgIpc) is 2.51. The molecule has 136 valence electrons. The van der Waals surface area contributed by atoms with Gasteiger partial charge in [-0.2, -0.15) is 0 Å². The number of benzene rings is 1. The molecule has 3 heteroatoms. The number of anilines is 1. The third kappa shape index (κ3) is 3.62. The number of nitrogens with two attached hydrogens (primary N) is 1. The molecule has 4 saturated carbocycles. The summed E-state index contributed by atoms with van der Waals surface area (Å²) in [5.74, 6) is 2.96. The highest BCUT2D eigenvalue weighted by Gasteiger charge is 2.53. The summed E-state index contributed by atoms with van der Waals surface area (Å²) in [5, 5.41) is 5.47. The van der Waals surface area contributed by atoms with E-state index < -0.39 is 0 Å². The summed E-state index contributed by atoms with van der Waals surface area (Å²) in [7, 11) is 0. The molecule has 3 N–H and O–H groups in total. The van der Waals surface area contributed by atoms with Crippen molar-refractivity contribution in [3.63, 3.8) is 0 Å². The Kier molecular flexibility index (Phi) is 4.18. The Morgan fingerprint density at radius 2 is 1.56 bits per heavy atom. The molecule has 0 saturated heterocycles. The van der Waals surface area contributed by atoms with Crippen molar-refractivity contribution < 1.29 is 10.1 Å². The summed E-state index contributed by atoms with van der Waals surface area (Å²) in [5.41, 5.74) is 2.74. The smallest absolute Gasteiger partial charge is 0.279 e. The zero-order chi connectivity index (χ0) is 17.7. The minimum atomic E-state index is 0.138. The molecule has 1 aromatic rings. The van der Waals surface area contributed by atoms with Crippen LogP contribution < -0.4 is 10.6 Å². The van der Waals surface area contributed by atoms with Gasteiger partial charge in [0.2, 0.25) is 0 Å². The van der Waals surface area contributed by atoms with E-state index in [2.05, 4.69) is 43.5 Å². The lowest BCUT2D eigenvalue weighted by Crippen LogP contribution is -3.00. The molecule has 3 nitrogen and oxygen atoms in total. The van der Waals surface area contributed by atoms with Crippen molar-refractivity contribution in [3.05, 3.63) is 29.8 Å². The highest BCUT2D eigenvalue weighted by Crippen LogP contribution is 2.54. The van der Waals surface area contributed by atoms with Crippen molar-refractivity contribution in [1.82, 2.24) is 0 Å². The molecule has 4 aliphatic rings. The number of quaternary nitrogens is 1. The minimum absolute atomic E-state index is 0.138. The number of hydrogen-bond acceptors (Lipinski definition) is 1. The summed E-state index contributed by atoms with van der Waals surface area (Å²) in [6.45, 7) is 7.19. The highest BCUT2D eigenvalue weighted by atomic mass is 16.1. The van der Waals surface area contributed by atoms with Gasteiger partial charge in [0.1, 0.15) is 0 Å². The molecule has 0 spiro atoms. The zero-order valence-electron chi connectivity index (χ0n) is 16.0. The van der Waals surface area contributed by atoms with E-state index in [1.807, 2.05) is 12.1 Å². The topological polar surface area (TPSA) is 45.7 Å². The molecular weight excluding hydrogens is 308 g/mol. The fourth-order valence-corrected chi connectivity index (χ4v) is 6.00. The maximum Gasteiger partial charge on any atom is 0.279 e. The molecule has 0 aromatic heterocycles. The van der Waals surface area contributed by atoms with Crippen LogP contribution >= 0.6 is 0 Å². The van der Waals surface area contributed by atoms with Crippen LogP contribution in [0.15, 0.2) is 24.3 Å². The number of nitrogens with one attached hydrogen (secondary N) is 1. The Hall–Kier alpha value is -1.35. The van der Waals surface area contributed by atoms with Crippen LogP contribution in [0, 0.1) is 17.8 Å². The first-order chi connectivity index (χ1) is 11.8. The molecule has 25 heavy (non-hydrogen) atoms. The number of hydrogen-bond donors (Lipinski definition) is 2. The van der Waals surface area contributed by atoms with Gasteiger partial charge in [-0.1, -0.05) is 32.9 Å². The Bertz CT molecular complexity index is 606. The van der Waals surface area contributed by atoms with Gasteiger partial charge in [-0.05, 0) is 60.1 Å². The second kappa shape index (κ2) is 6.12. The third-order valence-electron chi connectivity index (χ3n) is 6.84. The zero-order valence-corrected chi connectivity index (χ0v) is 16.0. The molecule has 0 radical (unpaired) electrons. The molecule has 4 aliphatic carbocycles. The van der Waals surface area contributed by atoms with Gasteiger partial charge in [0, 0.05) is 24.9 Å². The van der Waals surface area contributed by atoms with Gasteiger partial charge in [0.25, 0.3) is 5.91 Å². The fraction of sp³-hybridized carbons (Fsp3) is 0.682. The SMILES string of the molecule is CC(C)(C)c1ccc(NC(=O)C[NH2+]C23CC4CC(CC(C4)C2)C3)cc1. The van der Waals surface area contributed by atoms with Gasteiger partial charge in [-0.15, -0.1) is 0 Å². The standard InChI is InChI=1S/C22H32N2O/c1-21(2,3)18-4-6-19(7-5-18)24-20(25)14-23-22-11-15-8-16(12-22)10-17(9-15)13-22/h4-7,15-17,23H,8-14H2,1-3H3,(H,24,25)/p+1. The lowest BCUT2D eigenvalue weighted by Gasteiger charge is -2.54. The van der Waals surface area contributed by atoms with Crippen molar-refractivity contribution in [1.29, 1.82) is 0 Å². The van der Waals surface area contributed by atoms with Crippen molar-refractivity contribution in [2.75, 3.05) is 11.9 Å². The molecule has 4 bridgehead atoms. The number of amides is 1. The molecule has 0 atom stereocenters. The fourth-order valence-electron chi connectivity index (χ4n) is 6.00. The van der Waals surface area contributed by atoms with Crippen molar-refractivity contribution in [2.45, 2.75) is 70.3 Å². The lowest BCUT2D eigenvalue weighted by molar-refractivity contribution is -0.729. The Morgan fingerprint density at radius 1 is 1.04 bits per heavy atom. The van der Waals surface area contributed by atoms with Crippen LogP contribution in [0.5, 0.6) is 0 Å². The lowest BCUT2D eigenvalue weighted by atomic mass is 9.53. The first kappa shape index (κ1) is 17.1. The average molecular weight is 342 g/mol. The maximum absolute atomic E-state index is 12.4. The number of carbonyl (C=O) groups is 1. The van der Waals surface area contributed by atoms with E-state index >= 15 is 0 Å². The summed E-state index contributed by atoms with van der Waals surface area (Å²) in [4.78, 5) is 12.4. The summed E-state index contributed by atoms with van der Waals surface area (Å²) in [6, 6.07) is 8.31. The Labute approximate surface area is 152 Å². The molecule has 0 heterocycles. The van der Waals surface area contributed by atoms with Crippen LogP contribution in [0.1, 0.15) is 64.9 Å². The molecule has 0 unspecified atom stereocenters. The van der Waals surface area contributed by atoms with Crippen molar-refractivity contribution in [3.8, 4) is 0 Å². The quantitative estimate of drug-likeness (QED) is 0.865. The first-order valence-corrected chi connectivity index (χ1v) is 10.1. The van der Waals surface area contributed by atoms with Crippen LogP contribution in [0.3, 0.4) is 0 Å². The van der Waals surface area contributed by atoms with E-state index in [1.54, 1.807) is 0 Å². The molecule has 1 amide bonds. The predicted molar refractivity (Wildman–Crippen MR) is 101 cm³/mol. The minimum Gasteiger partial charge on any atom is -0.334 e. The van der Waals surface area contributed by atoms with E-state index in [-0.39, 0.29) is 11.3 Å². The maximum atomic E-state index is 12.4. The van der Waals surface area contributed by atoms with Crippen molar-refractivity contribution >= 4 is 11.6 Å². The number of rotatable bonds is 4. The first-order valence-electron chi connectivity index (χ1n) is 10.1. The normalized spacial score (nSPS) is 33.5. The Morgan fingerprint density at radius 3 is 2.04 bits per heavy atom. The summed E-state index contributed by atoms with van der Waals surface area (Å²) in [6.07, 6.45) is 8.39. The van der Waals surface area contributed by atoms with Crippen LogP contribution in [0.2, 0.25) is 0 Å². The molecule has 1 aromatic carbocycles. The van der Waals surface area contributed by atoms with Gasteiger partial charge in [0.15, 0.2) is 6.54 Å². The highest BCUT2D eigenvalue weighted by molar-refractivity contribution is 5.91. The van der Waals surface area contributed by atoms with Gasteiger partial charge in [-0.3, -0.25) is 4.79 Å². The molecule has 5 rings (SSSR count). The van der Waals surface area contributed by atoms with Gasteiger partial charge in [0.05, 0.1) is 5.54 Å². The molecule has 0 aliphatic heterocycles. The van der Waals surface area contributed by atoms with E-state index in [9.17, 15) is 4.79 Å². The molecular formula is C22H33N2O+. The second-order valence-electron chi connectivity index (χ2n) is 10.1.